The molecule has 1 aliphatic heterocycles. The molecular weight excluding hydrogens is 361 g/mol. The minimum Gasteiger partial charge on any atom is -0.483 e. The number of hydrogen-bond acceptors (Lipinski definition) is 4. The average molecular weight is 375 g/mol. The third-order valence-electron chi connectivity index (χ3n) is 3.06. The Bertz CT molecular complexity index is 663. The first-order valence-electron chi connectivity index (χ1n) is 6.40. The quantitative estimate of drug-likeness (QED) is 0.829. The normalized spacial score (nSPS) is 16.9. The van der Waals surface area contributed by atoms with Crippen molar-refractivity contribution in [3.63, 3.8) is 0 Å². The van der Waals surface area contributed by atoms with E-state index in [4.69, 9.17) is 16.3 Å². The molecule has 0 bridgehead atoms. The molecule has 0 spiro atoms. The average Bonchev–Trinajstić information content (AvgIpc) is 2.34. The standard InChI is InChI=1S/C12H14ClF3N2O4S/c1-21-9-5-18(6-9)23(19,20)17-8-2-3-11(10(13)4-8)22-7-12(14,15)16/h2-4,9,17H,5-7H2,1H3. The van der Waals surface area contributed by atoms with Crippen molar-refractivity contribution >= 4 is 27.5 Å². The lowest BCUT2D eigenvalue weighted by molar-refractivity contribution is -0.153. The molecule has 11 heteroatoms. The van der Waals surface area contributed by atoms with E-state index in [9.17, 15) is 21.6 Å². The van der Waals surface area contributed by atoms with E-state index in [0.717, 1.165) is 0 Å². The Kier molecular flexibility index (Phi) is 5.29. The van der Waals surface area contributed by atoms with Crippen molar-refractivity contribution < 1.29 is 31.1 Å². The van der Waals surface area contributed by atoms with Gasteiger partial charge in [0.2, 0.25) is 0 Å². The predicted octanol–water partition coefficient (Wildman–Crippen LogP) is 2.27. The number of nitrogens with one attached hydrogen (secondary N) is 1. The second-order valence-electron chi connectivity index (χ2n) is 4.83. The van der Waals surface area contributed by atoms with Gasteiger partial charge in [0.15, 0.2) is 6.61 Å². The second kappa shape index (κ2) is 6.71. The second-order valence-corrected chi connectivity index (χ2v) is 6.91. The number of rotatable bonds is 6. The van der Waals surface area contributed by atoms with Gasteiger partial charge in [-0.15, -0.1) is 0 Å². The van der Waals surface area contributed by atoms with E-state index in [1.54, 1.807) is 0 Å². The van der Waals surface area contributed by atoms with Crippen molar-refractivity contribution in [1.29, 1.82) is 0 Å². The Morgan fingerprint density at radius 2 is 2.04 bits per heavy atom. The molecule has 0 saturated carbocycles. The third kappa shape index (κ3) is 4.87. The van der Waals surface area contributed by atoms with Crippen LogP contribution in [-0.4, -0.2) is 51.8 Å². The molecule has 0 amide bonds. The van der Waals surface area contributed by atoms with Gasteiger partial charge in [-0.25, -0.2) is 0 Å². The van der Waals surface area contributed by atoms with Gasteiger partial charge in [0, 0.05) is 20.2 Å². The summed E-state index contributed by atoms with van der Waals surface area (Å²) in [6, 6.07) is 3.61. The maximum Gasteiger partial charge on any atom is 0.422 e. The largest absolute Gasteiger partial charge is 0.483 e. The summed E-state index contributed by atoms with van der Waals surface area (Å²) >= 11 is 5.80. The van der Waals surface area contributed by atoms with Crippen molar-refractivity contribution in [2.75, 3.05) is 31.5 Å². The van der Waals surface area contributed by atoms with E-state index >= 15 is 0 Å². The van der Waals surface area contributed by atoms with Crippen LogP contribution in [0.5, 0.6) is 5.75 Å². The lowest BCUT2D eigenvalue weighted by atomic mass is 10.2. The number of methoxy groups -OCH3 is 1. The number of hydrogen-bond donors (Lipinski definition) is 1. The van der Waals surface area contributed by atoms with Crippen LogP contribution in [0.2, 0.25) is 5.02 Å². The lowest BCUT2D eigenvalue weighted by Crippen LogP contribution is -2.55. The third-order valence-corrected chi connectivity index (χ3v) is 4.82. The minimum absolute atomic E-state index is 0.121. The highest BCUT2D eigenvalue weighted by Crippen LogP contribution is 2.30. The van der Waals surface area contributed by atoms with Crippen LogP contribution >= 0.6 is 11.6 Å². The molecule has 130 valence electrons. The zero-order chi connectivity index (χ0) is 17.3. The first-order valence-corrected chi connectivity index (χ1v) is 8.22. The first kappa shape index (κ1) is 18.1. The van der Waals surface area contributed by atoms with E-state index in [1.807, 2.05) is 0 Å². The zero-order valence-corrected chi connectivity index (χ0v) is 13.5. The van der Waals surface area contributed by atoms with Gasteiger partial charge in [0.1, 0.15) is 5.75 Å². The molecular formula is C12H14ClF3N2O4S. The number of ether oxygens (including phenoxy) is 2. The lowest BCUT2D eigenvalue weighted by Gasteiger charge is -2.36. The molecule has 2 rings (SSSR count). The predicted molar refractivity (Wildman–Crippen MR) is 77.9 cm³/mol. The molecule has 6 nitrogen and oxygen atoms in total. The highest BCUT2D eigenvalue weighted by molar-refractivity contribution is 7.90. The van der Waals surface area contributed by atoms with Gasteiger partial charge in [0.25, 0.3) is 0 Å². The molecule has 1 fully saturated rings. The van der Waals surface area contributed by atoms with Gasteiger partial charge < -0.3 is 9.47 Å². The molecule has 1 aliphatic rings. The van der Waals surface area contributed by atoms with Crippen LogP contribution in [-0.2, 0) is 14.9 Å². The van der Waals surface area contributed by atoms with Crippen LogP contribution in [0.4, 0.5) is 18.9 Å². The van der Waals surface area contributed by atoms with Crippen molar-refractivity contribution in [3.05, 3.63) is 23.2 Å². The number of halogens is 4. The molecule has 0 aliphatic carbocycles. The molecule has 0 unspecified atom stereocenters. The van der Waals surface area contributed by atoms with Gasteiger partial charge in [-0.2, -0.15) is 25.9 Å². The van der Waals surface area contributed by atoms with Crippen LogP contribution in [0.3, 0.4) is 0 Å². The van der Waals surface area contributed by atoms with E-state index in [0.29, 0.717) is 0 Å². The van der Waals surface area contributed by atoms with Crippen molar-refractivity contribution in [2.45, 2.75) is 12.3 Å². The Morgan fingerprint density at radius 3 is 2.57 bits per heavy atom. The molecule has 1 aromatic rings. The fourth-order valence-corrected chi connectivity index (χ4v) is 3.31. The highest BCUT2D eigenvalue weighted by Gasteiger charge is 2.36. The highest BCUT2D eigenvalue weighted by atomic mass is 35.5. The van der Waals surface area contributed by atoms with Gasteiger partial charge in [0.05, 0.1) is 16.8 Å². The number of alkyl halides is 3. The Balaban J connectivity index is 2.00. The van der Waals surface area contributed by atoms with Crippen LogP contribution in [0.25, 0.3) is 0 Å². The van der Waals surface area contributed by atoms with Crippen LogP contribution in [0.1, 0.15) is 0 Å². The van der Waals surface area contributed by atoms with Crippen molar-refractivity contribution in [1.82, 2.24) is 4.31 Å². The summed E-state index contributed by atoms with van der Waals surface area (Å²) in [5.74, 6) is -0.185. The minimum atomic E-state index is -4.49. The van der Waals surface area contributed by atoms with E-state index in [2.05, 4.69) is 9.46 Å². The zero-order valence-electron chi connectivity index (χ0n) is 11.9. The van der Waals surface area contributed by atoms with Crippen molar-refractivity contribution in [2.24, 2.45) is 0 Å². The fraction of sp³-hybridized carbons (Fsp3) is 0.500. The monoisotopic (exact) mass is 374 g/mol. The fourth-order valence-electron chi connectivity index (χ4n) is 1.80. The summed E-state index contributed by atoms with van der Waals surface area (Å²) in [6.07, 6.45) is -4.63. The van der Waals surface area contributed by atoms with Gasteiger partial charge >= 0.3 is 16.4 Å². The van der Waals surface area contributed by atoms with Crippen molar-refractivity contribution in [3.8, 4) is 5.75 Å². The SMILES string of the molecule is COC1CN(S(=O)(=O)Nc2ccc(OCC(F)(F)F)c(Cl)c2)C1. The topological polar surface area (TPSA) is 67.9 Å². The molecule has 0 aromatic heterocycles. The van der Waals surface area contributed by atoms with E-state index < -0.39 is 23.0 Å². The summed E-state index contributed by atoms with van der Waals surface area (Å²) < 4.78 is 73.3. The number of anilines is 1. The van der Waals surface area contributed by atoms with Gasteiger partial charge in [-0.3, -0.25) is 4.72 Å². The molecule has 1 aromatic carbocycles. The molecule has 1 saturated heterocycles. The summed E-state index contributed by atoms with van der Waals surface area (Å²) in [5.41, 5.74) is 0.121. The van der Waals surface area contributed by atoms with Crippen LogP contribution in [0.15, 0.2) is 18.2 Å². The molecule has 0 radical (unpaired) electrons. The molecule has 1 heterocycles. The first-order chi connectivity index (χ1) is 10.6. The summed E-state index contributed by atoms with van der Waals surface area (Å²) in [5, 5.41) is -0.132. The smallest absolute Gasteiger partial charge is 0.422 e. The number of benzene rings is 1. The van der Waals surface area contributed by atoms with Crippen LogP contribution in [0, 0.1) is 0 Å². The summed E-state index contributed by atoms with van der Waals surface area (Å²) in [6.45, 7) is -1.03. The summed E-state index contributed by atoms with van der Waals surface area (Å²) in [4.78, 5) is 0. The maximum absolute atomic E-state index is 12.1. The molecule has 1 N–H and O–H groups in total. The van der Waals surface area contributed by atoms with Gasteiger partial charge in [-0.1, -0.05) is 11.6 Å². The molecule has 0 atom stereocenters. The number of nitrogens with zero attached hydrogens (tertiary/aromatic N) is 1. The Hall–Kier alpha value is -1.23. The van der Waals surface area contributed by atoms with E-state index in [1.165, 1.54) is 29.6 Å². The Morgan fingerprint density at radius 1 is 1.39 bits per heavy atom. The van der Waals surface area contributed by atoms with E-state index in [-0.39, 0.29) is 35.7 Å². The van der Waals surface area contributed by atoms with Crippen LogP contribution < -0.4 is 9.46 Å². The molecule has 23 heavy (non-hydrogen) atoms. The maximum atomic E-state index is 12.1. The Labute approximate surface area is 136 Å². The summed E-state index contributed by atoms with van der Waals surface area (Å²) in [7, 11) is -2.27. The van der Waals surface area contributed by atoms with Gasteiger partial charge in [-0.05, 0) is 18.2 Å².